The molecule has 1 amide bonds. The first kappa shape index (κ1) is 21.1. The maximum absolute atomic E-state index is 11.4. The van der Waals surface area contributed by atoms with E-state index in [0.717, 1.165) is 13.8 Å². The van der Waals surface area contributed by atoms with Crippen LogP contribution in [0.15, 0.2) is 0 Å². The normalized spacial score (nSPS) is 28.6. The average molecular weight is 381 g/mol. The number of carbonyl (C=O) groups is 4. The summed E-state index contributed by atoms with van der Waals surface area (Å²) in [5, 5.41) is 0. The summed E-state index contributed by atoms with van der Waals surface area (Å²) in [5.41, 5.74) is 5.05. The van der Waals surface area contributed by atoms with E-state index in [1.165, 1.54) is 6.92 Å². The van der Waals surface area contributed by atoms with Crippen LogP contribution in [0.5, 0.6) is 0 Å². The van der Waals surface area contributed by atoms with Crippen molar-refractivity contribution in [2.24, 2.45) is 5.73 Å². The molecule has 0 aromatic rings. The molecule has 1 heterocycles. The fourth-order valence-corrected chi connectivity index (χ4v) is 2.46. The van der Waals surface area contributed by atoms with Crippen LogP contribution in [0.3, 0.4) is 0 Å². The molecule has 1 saturated heterocycles. The smallest absolute Gasteiger partial charge is 0.405 e. The lowest BCUT2D eigenvalue weighted by molar-refractivity contribution is -0.282. The molecule has 0 aromatic carbocycles. The monoisotopic (exact) mass is 381 g/mol. The van der Waals surface area contributed by atoms with E-state index in [2.05, 4.69) is 0 Å². The van der Waals surface area contributed by atoms with Crippen LogP contribution in [-0.4, -0.2) is 61.3 Å². The van der Waals surface area contributed by atoms with Crippen LogP contribution >= 0.6 is 9.47 Å². The number of nitrogens with two attached hydrogens (primary N) is 1. The van der Waals surface area contributed by atoms with Gasteiger partial charge in [-0.3, -0.25) is 14.4 Å². The van der Waals surface area contributed by atoms with Crippen LogP contribution in [-0.2, 0) is 42.6 Å². The van der Waals surface area contributed by atoms with Gasteiger partial charge in [-0.25, -0.2) is 4.79 Å². The van der Waals surface area contributed by atoms with Gasteiger partial charge in [0.1, 0.15) is 12.7 Å². The first-order chi connectivity index (χ1) is 11.6. The lowest BCUT2D eigenvalue weighted by atomic mass is 9.98. The van der Waals surface area contributed by atoms with Crippen LogP contribution in [0.4, 0.5) is 4.79 Å². The second-order valence-electron chi connectivity index (χ2n) is 5.03. The van der Waals surface area contributed by atoms with E-state index < -0.39 is 54.7 Å². The van der Waals surface area contributed by atoms with Gasteiger partial charge in [-0.15, -0.1) is 0 Å². The van der Waals surface area contributed by atoms with Gasteiger partial charge in [-0.1, -0.05) is 0 Å². The summed E-state index contributed by atoms with van der Waals surface area (Å²) >= 11 is 0. The number of esters is 3. The first-order valence-corrected chi connectivity index (χ1v) is 7.57. The van der Waals surface area contributed by atoms with Gasteiger partial charge < -0.3 is 33.9 Å². The quantitative estimate of drug-likeness (QED) is 0.359. The van der Waals surface area contributed by atoms with Crippen molar-refractivity contribution in [3.63, 3.8) is 0 Å². The van der Waals surface area contributed by atoms with E-state index in [1.54, 1.807) is 0 Å². The van der Waals surface area contributed by atoms with Crippen LogP contribution < -0.4 is 5.73 Å². The predicted molar refractivity (Wildman–Crippen MR) is 81.7 cm³/mol. The van der Waals surface area contributed by atoms with Crippen molar-refractivity contribution in [2.75, 3.05) is 6.61 Å². The van der Waals surface area contributed by atoms with E-state index in [-0.39, 0.29) is 6.61 Å². The highest BCUT2D eigenvalue weighted by Crippen LogP contribution is 2.30. The molecule has 1 unspecified atom stereocenters. The number of primary amides is 1. The molecule has 25 heavy (non-hydrogen) atoms. The van der Waals surface area contributed by atoms with Gasteiger partial charge >= 0.3 is 24.0 Å². The highest BCUT2D eigenvalue weighted by molar-refractivity contribution is 7.09. The minimum absolute atomic E-state index is 0.330. The Morgan fingerprint density at radius 3 is 1.92 bits per heavy atom. The largest absolute Gasteiger partial charge is 0.463 e. The molecule has 0 bridgehead atoms. The van der Waals surface area contributed by atoms with Gasteiger partial charge in [-0.05, 0) is 0 Å². The van der Waals surface area contributed by atoms with Crippen molar-refractivity contribution in [3.05, 3.63) is 0 Å². The van der Waals surface area contributed by atoms with Crippen LogP contribution in [0.25, 0.3) is 0 Å². The van der Waals surface area contributed by atoms with Crippen molar-refractivity contribution < 1.29 is 47.4 Å². The fourth-order valence-electron chi connectivity index (χ4n) is 2.24. The third kappa shape index (κ3) is 6.45. The van der Waals surface area contributed by atoms with Crippen molar-refractivity contribution in [3.8, 4) is 0 Å². The van der Waals surface area contributed by atoms with Gasteiger partial charge in [0, 0.05) is 30.2 Å². The Bertz CT molecular complexity index is 527. The Balaban J connectivity index is 3.18. The minimum Gasteiger partial charge on any atom is -0.463 e. The lowest BCUT2D eigenvalue weighted by Gasteiger charge is -2.43. The molecule has 0 aliphatic carbocycles. The minimum atomic E-state index is -1.34. The van der Waals surface area contributed by atoms with Gasteiger partial charge in [0.15, 0.2) is 18.3 Å². The molecule has 6 atom stereocenters. The summed E-state index contributed by atoms with van der Waals surface area (Å²) in [6.07, 6.45) is -7.36. The Morgan fingerprint density at radius 2 is 1.48 bits per heavy atom. The Labute approximate surface area is 145 Å². The summed E-state index contributed by atoms with van der Waals surface area (Å²) in [6.45, 7) is 3.08. The zero-order chi connectivity index (χ0) is 19.1. The van der Waals surface area contributed by atoms with Crippen molar-refractivity contribution in [1.29, 1.82) is 0 Å². The molecular formula is C13H20NO10P. The molecule has 11 nitrogen and oxygen atoms in total. The standard InChI is InChI=1S/C13H20NO10P/c1-5(15)19-4-8-9(20-6(2)16)10(23-13(14)18)11(21-7(3)17)12(22-8)24-25/h8-12H,4,25H2,1-3H3,(H2,14,18)/t8-,9-,10+,11+,12-/m1/s1. The Kier molecular flexibility index (Phi) is 8.01. The summed E-state index contributed by atoms with van der Waals surface area (Å²) in [7, 11) is 1.91. The number of ether oxygens (including phenoxy) is 5. The highest BCUT2D eigenvalue weighted by Gasteiger charge is 2.52. The number of hydrogen-bond donors (Lipinski definition) is 1. The van der Waals surface area contributed by atoms with E-state index in [4.69, 9.17) is 33.9 Å². The second-order valence-corrected chi connectivity index (χ2v) is 5.30. The number of amides is 1. The molecule has 1 fully saturated rings. The van der Waals surface area contributed by atoms with Gasteiger partial charge in [-0.2, -0.15) is 0 Å². The van der Waals surface area contributed by atoms with Crippen LogP contribution in [0.2, 0.25) is 0 Å². The van der Waals surface area contributed by atoms with Gasteiger partial charge in [0.2, 0.25) is 6.29 Å². The molecule has 0 radical (unpaired) electrons. The summed E-state index contributed by atoms with van der Waals surface area (Å²) in [5.74, 6) is -2.06. The van der Waals surface area contributed by atoms with Crippen LogP contribution in [0.1, 0.15) is 20.8 Å². The zero-order valence-corrected chi connectivity index (χ0v) is 15.0. The summed E-state index contributed by atoms with van der Waals surface area (Å²) in [4.78, 5) is 45.0. The molecule has 0 saturated carbocycles. The third-order valence-electron chi connectivity index (χ3n) is 3.03. The summed E-state index contributed by atoms with van der Waals surface area (Å²) in [6, 6.07) is 0. The maximum Gasteiger partial charge on any atom is 0.405 e. The fraction of sp³-hybridized carbons (Fsp3) is 0.692. The van der Waals surface area contributed by atoms with Crippen molar-refractivity contribution >= 4 is 33.5 Å². The molecule has 1 aliphatic rings. The molecule has 0 spiro atoms. The SMILES string of the molecule is CC(=O)OC[C@H]1O[C@H](OP)[C@@H](OC(C)=O)[C@@H](OC(N)=O)[C@@H]1OC(C)=O. The van der Waals surface area contributed by atoms with Crippen molar-refractivity contribution in [2.45, 2.75) is 51.5 Å². The predicted octanol–water partition coefficient (Wildman–Crippen LogP) is -0.592. The van der Waals surface area contributed by atoms with E-state index in [0.29, 0.717) is 0 Å². The molecule has 2 N–H and O–H groups in total. The van der Waals surface area contributed by atoms with Gasteiger partial charge in [0.05, 0.1) is 0 Å². The molecule has 12 heteroatoms. The van der Waals surface area contributed by atoms with E-state index in [1.807, 2.05) is 9.47 Å². The number of carbonyl (C=O) groups excluding carboxylic acids is 4. The third-order valence-corrected chi connectivity index (χ3v) is 3.30. The van der Waals surface area contributed by atoms with Gasteiger partial charge in [0.25, 0.3) is 0 Å². The number of rotatable bonds is 6. The molecule has 1 rings (SSSR count). The molecular weight excluding hydrogens is 361 g/mol. The molecule has 142 valence electrons. The van der Waals surface area contributed by atoms with E-state index in [9.17, 15) is 19.2 Å². The second kappa shape index (κ2) is 9.50. The number of hydrogen-bond acceptors (Lipinski definition) is 10. The Morgan fingerprint density at radius 1 is 0.920 bits per heavy atom. The average Bonchev–Trinajstić information content (AvgIpc) is 2.48. The lowest BCUT2D eigenvalue weighted by Crippen LogP contribution is -2.62. The van der Waals surface area contributed by atoms with Crippen LogP contribution in [0, 0.1) is 0 Å². The highest BCUT2D eigenvalue weighted by atomic mass is 31.0. The zero-order valence-electron chi connectivity index (χ0n) is 13.8. The molecule has 1 aliphatic heterocycles. The van der Waals surface area contributed by atoms with Crippen molar-refractivity contribution in [1.82, 2.24) is 0 Å². The topological polar surface area (TPSA) is 150 Å². The molecule has 0 aromatic heterocycles. The van der Waals surface area contributed by atoms with E-state index >= 15 is 0 Å². The summed E-state index contributed by atoms with van der Waals surface area (Å²) < 4.78 is 30.5. The Hall–Kier alpha value is -1.97. The first-order valence-electron chi connectivity index (χ1n) is 7.10. The maximum atomic E-state index is 11.4.